The number of hydrogen-bond donors (Lipinski definition) is 2. The molecule has 0 saturated carbocycles. The Hall–Kier alpha value is -2.47. The molecule has 0 bridgehead atoms. The molecule has 0 unspecified atom stereocenters. The number of thioether (sulfide) groups is 1. The molecule has 1 heterocycles. The summed E-state index contributed by atoms with van der Waals surface area (Å²) >= 11 is 1.88. The average Bonchev–Trinajstić information content (AvgIpc) is 2.69. The molecule has 1 fully saturated rings. The van der Waals surface area contributed by atoms with Gasteiger partial charge in [0.2, 0.25) is 5.91 Å². The largest absolute Gasteiger partial charge is 0.399 e. The molecule has 2 amide bonds. The first-order valence-corrected chi connectivity index (χ1v) is 10.3. The summed E-state index contributed by atoms with van der Waals surface area (Å²) in [4.78, 5) is 26.8. The van der Waals surface area contributed by atoms with Crippen molar-refractivity contribution in [1.82, 2.24) is 4.90 Å². The molecule has 0 spiro atoms. The Kier molecular flexibility index (Phi) is 6.40. The van der Waals surface area contributed by atoms with Crippen molar-refractivity contribution < 1.29 is 9.59 Å². The number of nitrogen functional groups attached to an aromatic ring is 1. The van der Waals surface area contributed by atoms with Crippen molar-refractivity contribution in [3.8, 4) is 0 Å². The van der Waals surface area contributed by atoms with Crippen molar-refractivity contribution in [2.45, 2.75) is 19.8 Å². The lowest BCUT2D eigenvalue weighted by Gasteiger charge is -2.26. The third-order valence-corrected chi connectivity index (χ3v) is 5.66. The van der Waals surface area contributed by atoms with E-state index in [1.165, 1.54) is 0 Å². The zero-order chi connectivity index (χ0) is 19.2. The molecule has 0 atom stereocenters. The number of carbonyl (C=O) groups excluding carboxylic acids is 2. The molecule has 27 heavy (non-hydrogen) atoms. The summed E-state index contributed by atoms with van der Waals surface area (Å²) in [6.45, 7) is 3.50. The molecule has 1 aliphatic rings. The van der Waals surface area contributed by atoms with E-state index in [4.69, 9.17) is 5.73 Å². The molecule has 6 heteroatoms. The lowest BCUT2D eigenvalue weighted by molar-refractivity contribution is -0.116. The Balaban J connectivity index is 1.59. The summed E-state index contributed by atoms with van der Waals surface area (Å²) in [6.07, 6.45) is 0.959. The number of aryl methyl sites for hydroxylation is 2. The number of anilines is 2. The molecule has 3 rings (SSSR count). The number of rotatable bonds is 5. The highest BCUT2D eigenvalue weighted by Gasteiger charge is 2.19. The highest BCUT2D eigenvalue weighted by molar-refractivity contribution is 7.99. The minimum Gasteiger partial charge on any atom is -0.399 e. The minimum atomic E-state index is -0.0616. The zero-order valence-corrected chi connectivity index (χ0v) is 16.3. The maximum Gasteiger partial charge on any atom is 0.253 e. The maximum atomic E-state index is 12.6. The van der Waals surface area contributed by atoms with Crippen LogP contribution in [0.4, 0.5) is 11.4 Å². The van der Waals surface area contributed by atoms with Crippen LogP contribution in [0.2, 0.25) is 0 Å². The molecular formula is C21H25N3O2S. The predicted molar refractivity (Wildman–Crippen MR) is 112 cm³/mol. The zero-order valence-electron chi connectivity index (χ0n) is 15.5. The second kappa shape index (κ2) is 8.95. The van der Waals surface area contributed by atoms with Crippen molar-refractivity contribution in [3.63, 3.8) is 0 Å². The highest BCUT2D eigenvalue weighted by Crippen LogP contribution is 2.20. The average molecular weight is 384 g/mol. The van der Waals surface area contributed by atoms with E-state index in [-0.39, 0.29) is 11.8 Å². The number of nitrogens with two attached hydrogens (primary N) is 1. The van der Waals surface area contributed by atoms with E-state index in [9.17, 15) is 9.59 Å². The van der Waals surface area contributed by atoms with Crippen LogP contribution in [0.3, 0.4) is 0 Å². The van der Waals surface area contributed by atoms with E-state index >= 15 is 0 Å². The fourth-order valence-corrected chi connectivity index (χ4v) is 4.01. The molecule has 0 aromatic heterocycles. The summed E-state index contributed by atoms with van der Waals surface area (Å²) in [5.41, 5.74) is 9.91. The topological polar surface area (TPSA) is 75.4 Å². The molecule has 2 aromatic rings. The number of nitrogens with zero attached hydrogens (tertiary/aromatic N) is 1. The molecule has 1 saturated heterocycles. The smallest absolute Gasteiger partial charge is 0.253 e. The summed E-state index contributed by atoms with van der Waals surface area (Å²) in [5.74, 6) is 1.99. The van der Waals surface area contributed by atoms with Gasteiger partial charge in [0, 0.05) is 48.0 Å². The second-order valence-corrected chi connectivity index (χ2v) is 7.91. The van der Waals surface area contributed by atoms with Gasteiger partial charge in [-0.2, -0.15) is 11.8 Å². The van der Waals surface area contributed by atoms with Gasteiger partial charge in [0.15, 0.2) is 0 Å². The highest BCUT2D eigenvalue weighted by atomic mass is 32.2. The van der Waals surface area contributed by atoms with Gasteiger partial charge in [-0.3, -0.25) is 9.59 Å². The predicted octanol–water partition coefficient (Wildman–Crippen LogP) is 3.34. The van der Waals surface area contributed by atoms with Gasteiger partial charge in [0.25, 0.3) is 5.91 Å². The Bertz CT molecular complexity index is 832. The van der Waals surface area contributed by atoms with Crippen molar-refractivity contribution in [2.75, 3.05) is 35.6 Å². The number of hydrogen-bond acceptors (Lipinski definition) is 4. The van der Waals surface area contributed by atoms with Gasteiger partial charge in [-0.15, -0.1) is 0 Å². The first-order valence-electron chi connectivity index (χ1n) is 9.15. The van der Waals surface area contributed by atoms with Crippen LogP contribution < -0.4 is 11.1 Å². The fourth-order valence-electron chi connectivity index (χ4n) is 3.11. The lowest BCUT2D eigenvalue weighted by Crippen LogP contribution is -2.37. The molecule has 3 N–H and O–H groups in total. The number of carbonyl (C=O) groups is 2. The molecule has 5 nitrogen and oxygen atoms in total. The quantitative estimate of drug-likeness (QED) is 0.777. The summed E-state index contributed by atoms with van der Waals surface area (Å²) in [6, 6.07) is 13.0. The van der Waals surface area contributed by atoms with E-state index in [1.54, 1.807) is 6.07 Å². The van der Waals surface area contributed by atoms with Crippen LogP contribution in [0, 0.1) is 6.92 Å². The van der Waals surface area contributed by atoms with Gasteiger partial charge in [0.05, 0.1) is 0 Å². The summed E-state index contributed by atoms with van der Waals surface area (Å²) in [5, 5.41) is 2.94. The minimum absolute atomic E-state index is 0.0616. The Morgan fingerprint density at radius 3 is 2.59 bits per heavy atom. The number of amides is 2. The summed E-state index contributed by atoms with van der Waals surface area (Å²) < 4.78 is 0. The molecule has 0 aliphatic carbocycles. The van der Waals surface area contributed by atoms with Crippen LogP contribution >= 0.6 is 11.8 Å². The van der Waals surface area contributed by atoms with Gasteiger partial charge >= 0.3 is 0 Å². The maximum absolute atomic E-state index is 12.6. The van der Waals surface area contributed by atoms with Crippen molar-refractivity contribution in [2.24, 2.45) is 0 Å². The lowest BCUT2D eigenvalue weighted by atomic mass is 10.1. The number of benzene rings is 2. The Morgan fingerprint density at radius 2 is 1.89 bits per heavy atom. The third-order valence-electron chi connectivity index (χ3n) is 4.72. The van der Waals surface area contributed by atoms with Crippen LogP contribution in [0.1, 0.15) is 27.9 Å². The molecule has 1 aliphatic heterocycles. The molecular weight excluding hydrogens is 358 g/mol. The van der Waals surface area contributed by atoms with E-state index in [2.05, 4.69) is 5.32 Å². The fraction of sp³-hybridized carbons (Fsp3) is 0.333. The molecule has 142 valence electrons. The van der Waals surface area contributed by atoms with Crippen molar-refractivity contribution in [3.05, 3.63) is 59.2 Å². The van der Waals surface area contributed by atoms with Crippen LogP contribution in [0.5, 0.6) is 0 Å². The van der Waals surface area contributed by atoms with Gasteiger partial charge < -0.3 is 16.0 Å². The van der Waals surface area contributed by atoms with E-state index in [0.29, 0.717) is 24.1 Å². The van der Waals surface area contributed by atoms with Gasteiger partial charge in [0.1, 0.15) is 0 Å². The van der Waals surface area contributed by atoms with Crippen molar-refractivity contribution >= 4 is 35.0 Å². The first-order chi connectivity index (χ1) is 13.0. The van der Waals surface area contributed by atoms with Crippen molar-refractivity contribution in [1.29, 1.82) is 0 Å². The van der Waals surface area contributed by atoms with Gasteiger partial charge in [-0.1, -0.05) is 18.2 Å². The SMILES string of the molecule is Cc1cc(C(=O)N2CCSCC2)ccc1NC(=O)CCc1ccccc1N. The molecule has 2 aromatic carbocycles. The summed E-state index contributed by atoms with van der Waals surface area (Å²) in [7, 11) is 0. The van der Waals surface area contributed by atoms with E-state index in [1.807, 2.05) is 60.0 Å². The molecule has 0 radical (unpaired) electrons. The van der Waals surface area contributed by atoms with Crippen LogP contribution in [0.15, 0.2) is 42.5 Å². The Morgan fingerprint density at radius 1 is 1.15 bits per heavy atom. The van der Waals surface area contributed by atoms with Gasteiger partial charge in [-0.25, -0.2) is 0 Å². The van der Waals surface area contributed by atoms with Crippen LogP contribution in [0.25, 0.3) is 0 Å². The number of nitrogens with one attached hydrogen (secondary N) is 1. The first kappa shape index (κ1) is 19.3. The normalized spacial score (nSPS) is 14.0. The third kappa shape index (κ3) is 5.04. The standard InChI is InChI=1S/C21H25N3O2S/c1-15-14-17(21(26)24-10-12-27-13-11-24)6-8-19(15)23-20(25)9-7-16-4-2-3-5-18(16)22/h2-6,8,14H,7,9-13,22H2,1H3,(H,23,25). The monoisotopic (exact) mass is 383 g/mol. The van der Waals surface area contributed by atoms with Gasteiger partial charge in [-0.05, 0) is 48.7 Å². The van der Waals surface area contributed by atoms with Crippen LogP contribution in [-0.4, -0.2) is 41.3 Å². The van der Waals surface area contributed by atoms with E-state index < -0.39 is 0 Å². The van der Waals surface area contributed by atoms with E-state index in [0.717, 1.165) is 41.4 Å². The Labute approximate surface area is 164 Å². The van der Waals surface area contributed by atoms with Crippen LogP contribution in [-0.2, 0) is 11.2 Å². The number of para-hydroxylation sites is 1. The second-order valence-electron chi connectivity index (χ2n) is 6.68.